The van der Waals surface area contributed by atoms with Gasteiger partial charge in [-0.1, -0.05) is 30.3 Å². The molecule has 0 aliphatic carbocycles. The lowest BCUT2D eigenvalue weighted by Gasteiger charge is -2.10. The van der Waals surface area contributed by atoms with Crippen molar-refractivity contribution in [3.05, 3.63) is 66.4 Å². The van der Waals surface area contributed by atoms with Gasteiger partial charge in [-0.05, 0) is 29.8 Å². The summed E-state index contributed by atoms with van der Waals surface area (Å²) < 4.78 is 27.8. The predicted octanol–water partition coefficient (Wildman–Crippen LogP) is 2.66. The molecule has 2 N–H and O–H groups in total. The largest absolute Gasteiger partial charge is 0.481 e. The SMILES string of the molecule is O=C(O)Cc1cccc(NS(=O)(=O)c2cccc3cccnc23)c1. The summed E-state index contributed by atoms with van der Waals surface area (Å²) >= 11 is 0. The second kappa shape index (κ2) is 6.29. The fourth-order valence-electron chi connectivity index (χ4n) is 2.42. The van der Waals surface area contributed by atoms with Gasteiger partial charge in [-0.2, -0.15) is 0 Å². The molecule has 122 valence electrons. The number of carboxylic acids is 1. The number of sulfonamides is 1. The van der Waals surface area contributed by atoms with Crippen LogP contribution in [0.4, 0.5) is 5.69 Å². The number of nitrogens with zero attached hydrogens (tertiary/aromatic N) is 1. The van der Waals surface area contributed by atoms with Crippen molar-refractivity contribution in [1.82, 2.24) is 4.98 Å². The van der Waals surface area contributed by atoms with Crippen LogP contribution in [0.5, 0.6) is 0 Å². The van der Waals surface area contributed by atoms with Gasteiger partial charge in [-0.3, -0.25) is 14.5 Å². The number of para-hydroxylation sites is 1. The molecule has 6 nitrogen and oxygen atoms in total. The van der Waals surface area contributed by atoms with Crippen molar-refractivity contribution in [3.8, 4) is 0 Å². The Labute approximate surface area is 138 Å². The van der Waals surface area contributed by atoms with Gasteiger partial charge in [0.1, 0.15) is 4.90 Å². The van der Waals surface area contributed by atoms with Crippen LogP contribution in [-0.2, 0) is 21.2 Å². The molecule has 1 aromatic heterocycles. The van der Waals surface area contributed by atoms with Crippen LogP contribution in [0.25, 0.3) is 10.9 Å². The zero-order valence-electron chi connectivity index (χ0n) is 12.5. The van der Waals surface area contributed by atoms with Gasteiger partial charge in [-0.25, -0.2) is 8.42 Å². The number of hydrogen-bond donors (Lipinski definition) is 2. The molecule has 0 unspecified atom stereocenters. The Hall–Kier alpha value is -2.93. The number of pyridine rings is 1. The molecule has 0 amide bonds. The lowest BCUT2D eigenvalue weighted by atomic mass is 10.1. The summed E-state index contributed by atoms with van der Waals surface area (Å²) in [7, 11) is -3.85. The molecule has 3 rings (SSSR count). The van der Waals surface area contributed by atoms with E-state index < -0.39 is 16.0 Å². The van der Waals surface area contributed by atoms with Crippen LogP contribution in [0.2, 0.25) is 0 Å². The highest BCUT2D eigenvalue weighted by molar-refractivity contribution is 7.93. The van der Waals surface area contributed by atoms with E-state index in [4.69, 9.17) is 5.11 Å². The average molecular weight is 342 g/mol. The first-order valence-corrected chi connectivity index (χ1v) is 8.61. The minimum atomic E-state index is -3.85. The minimum Gasteiger partial charge on any atom is -0.481 e. The molecule has 24 heavy (non-hydrogen) atoms. The highest BCUT2D eigenvalue weighted by Gasteiger charge is 2.18. The number of fused-ring (bicyclic) bond motifs is 1. The van der Waals surface area contributed by atoms with E-state index in [0.717, 1.165) is 5.39 Å². The molecule has 0 aliphatic heterocycles. The molecule has 0 bridgehead atoms. The van der Waals surface area contributed by atoms with Crippen LogP contribution < -0.4 is 4.72 Å². The van der Waals surface area contributed by atoms with E-state index in [0.29, 0.717) is 16.8 Å². The van der Waals surface area contributed by atoms with Gasteiger partial charge in [0.25, 0.3) is 10.0 Å². The van der Waals surface area contributed by atoms with Gasteiger partial charge in [0.2, 0.25) is 0 Å². The van der Waals surface area contributed by atoms with Gasteiger partial charge in [0, 0.05) is 17.3 Å². The molecule has 0 atom stereocenters. The van der Waals surface area contributed by atoms with E-state index in [1.165, 1.54) is 18.3 Å². The first kappa shape index (κ1) is 15.9. The molecule has 0 radical (unpaired) electrons. The number of carboxylic acid groups (broad SMARTS) is 1. The standard InChI is InChI=1S/C17H14N2O4S/c20-16(21)11-12-4-1-7-14(10-12)19-24(22,23)15-8-2-5-13-6-3-9-18-17(13)15/h1-10,19H,11H2,(H,20,21). The van der Waals surface area contributed by atoms with Gasteiger partial charge < -0.3 is 5.11 Å². The number of anilines is 1. The topological polar surface area (TPSA) is 96.4 Å². The Balaban J connectivity index is 1.98. The van der Waals surface area contributed by atoms with Crippen molar-refractivity contribution in [2.45, 2.75) is 11.3 Å². The maximum absolute atomic E-state index is 12.7. The summed E-state index contributed by atoms with van der Waals surface area (Å²) in [5.74, 6) is -0.978. The molecule has 7 heteroatoms. The molecular formula is C17H14N2O4S. The second-order valence-electron chi connectivity index (χ2n) is 5.21. The third-order valence-electron chi connectivity index (χ3n) is 3.42. The van der Waals surface area contributed by atoms with Gasteiger partial charge in [0.15, 0.2) is 0 Å². The Morgan fingerprint density at radius 3 is 2.62 bits per heavy atom. The zero-order valence-corrected chi connectivity index (χ0v) is 13.3. The van der Waals surface area contributed by atoms with Crippen molar-refractivity contribution >= 4 is 32.6 Å². The fraction of sp³-hybridized carbons (Fsp3) is 0.0588. The maximum atomic E-state index is 12.7. The third-order valence-corrected chi connectivity index (χ3v) is 4.83. The van der Waals surface area contributed by atoms with Crippen molar-refractivity contribution in [2.24, 2.45) is 0 Å². The molecule has 0 saturated carbocycles. The highest BCUT2D eigenvalue weighted by atomic mass is 32.2. The van der Waals surface area contributed by atoms with Crippen LogP contribution in [0.15, 0.2) is 65.7 Å². The minimum absolute atomic E-state index is 0.0734. The molecule has 0 spiro atoms. The monoisotopic (exact) mass is 342 g/mol. The molecule has 2 aromatic carbocycles. The first-order chi connectivity index (χ1) is 11.5. The Bertz CT molecular complexity index is 1010. The van der Waals surface area contributed by atoms with E-state index in [2.05, 4.69) is 9.71 Å². The van der Waals surface area contributed by atoms with Crippen LogP contribution in [0, 0.1) is 0 Å². The van der Waals surface area contributed by atoms with Crippen LogP contribution in [0.1, 0.15) is 5.56 Å². The van der Waals surface area contributed by atoms with Gasteiger partial charge >= 0.3 is 5.97 Å². The van der Waals surface area contributed by atoms with E-state index in [-0.39, 0.29) is 11.3 Å². The quantitative estimate of drug-likeness (QED) is 0.743. The number of carbonyl (C=O) groups is 1. The number of aliphatic carboxylic acids is 1. The predicted molar refractivity (Wildman–Crippen MR) is 90.3 cm³/mol. The van der Waals surface area contributed by atoms with E-state index in [1.807, 2.05) is 0 Å². The summed E-state index contributed by atoms with van der Waals surface area (Å²) in [4.78, 5) is 15.0. The summed E-state index contributed by atoms with van der Waals surface area (Å²) in [6.07, 6.45) is 1.36. The molecule has 0 aliphatic rings. The van der Waals surface area contributed by atoms with Crippen LogP contribution in [-0.4, -0.2) is 24.5 Å². The van der Waals surface area contributed by atoms with Crippen molar-refractivity contribution in [3.63, 3.8) is 0 Å². The number of benzene rings is 2. The van der Waals surface area contributed by atoms with E-state index in [9.17, 15) is 13.2 Å². The van der Waals surface area contributed by atoms with E-state index in [1.54, 1.807) is 42.5 Å². The molecule has 1 heterocycles. The Morgan fingerprint density at radius 1 is 1.08 bits per heavy atom. The highest BCUT2D eigenvalue weighted by Crippen LogP contribution is 2.23. The normalized spacial score (nSPS) is 11.3. The summed E-state index contributed by atoms with van der Waals surface area (Å²) in [6.45, 7) is 0. The third kappa shape index (κ3) is 3.36. The number of nitrogens with one attached hydrogen (secondary N) is 1. The number of rotatable bonds is 5. The summed E-state index contributed by atoms with van der Waals surface area (Å²) in [5.41, 5.74) is 1.20. The van der Waals surface area contributed by atoms with Gasteiger partial charge in [-0.15, -0.1) is 0 Å². The zero-order chi connectivity index (χ0) is 17.2. The lowest BCUT2D eigenvalue weighted by Crippen LogP contribution is -2.14. The molecule has 3 aromatic rings. The van der Waals surface area contributed by atoms with E-state index >= 15 is 0 Å². The Morgan fingerprint density at radius 2 is 1.83 bits per heavy atom. The van der Waals surface area contributed by atoms with Crippen molar-refractivity contribution in [2.75, 3.05) is 4.72 Å². The van der Waals surface area contributed by atoms with Crippen molar-refractivity contribution in [1.29, 1.82) is 0 Å². The number of hydrogen-bond acceptors (Lipinski definition) is 4. The van der Waals surface area contributed by atoms with Crippen LogP contribution in [0.3, 0.4) is 0 Å². The smallest absolute Gasteiger partial charge is 0.307 e. The maximum Gasteiger partial charge on any atom is 0.307 e. The van der Waals surface area contributed by atoms with Crippen LogP contribution >= 0.6 is 0 Å². The average Bonchev–Trinajstić information content (AvgIpc) is 2.53. The molecule has 0 fully saturated rings. The molecular weight excluding hydrogens is 328 g/mol. The first-order valence-electron chi connectivity index (χ1n) is 7.13. The van der Waals surface area contributed by atoms with Crippen molar-refractivity contribution < 1.29 is 18.3 Å². The summed E-state index contributed by atoms with van der Waals surface area (Å²) in [6, 6.07) is 14.8. The summed E-state index contributed by atoms with van der Waals surface area (Å²) in [5, 5.41) is 9.56. The lowest BCUT2D eigenvalue weighted by molar-refractivity contribution is -0.136. The molecule has 0 saturated heterocycles. The second-order valence-corrected chi connectivity index (χ2v) is 6.86. The fourth-order valence-corrected chi connectivity index (χ4v) is 3.65. The Kier molecular flexibility index (Phi) is 4.18. The number of aromatic nitrogens is 1. The van der Waals surface area contributed by atoms with Gasteiger partial charge in [0.05, 0.1) is 11.9 Å².